The third-order valence-corrected chi connectivity index (χ3v) is 4.95. The Labute approximate surface area is 150 Å². The van der Waals surface area contributed by atoms with E-state index in [0.29, 0.717) is 22.9 Å². The minimum absolute atomic E-state index is 0.0562. The number of halogens is 2. The molecule has 0 spiro atoms. The molecule has 3 nitrogen and oxygen atoms in total. The maximum atomic E-state index is 12.4. The van der Waals surface area contributed by atoms with Gasteiger partial charge in [0.1, 0.15) is 5.78 Å². The largest absolute Gasteiger partial charge is 0.481 e. The van der Waals surface area contributed by atoms with E-state index >= 15 is 0 Å². The Balaban J connectivity index is 1.90. The van der Waals surface area contributed by atoms with Crippen molar-refractivity contribution in [1.82, 2.24) is 0 Å². The summed E-state index contributed by atoms with van der Waals surface area (Å²) in [5.74, 6) is -0.992. The molecule has 0 unspecified atom stereocenters. The monoisotopic (exact) mass is 362 g/mol. The van der Waals surface area contributed by atoms with Crippen LogP contribution in [0.15, 0.2) is 42.5 Å². The number of hydrogen-bond acceptors (Lipinski definition) is 2. The zero-order valence-electron chi connectivity index (χ0n) is 12.9. The highest BCUT2D eigenvalue weighted by Gasteiger charge is 2.51. The first-order chi connectivity index (χ1) is 11.4. The number of carboxylic acid groups (broad SMARTS) is 1. The van der Waals surface area contributed by atoms with Crippen LogP contribution in [-0.4, -0.2) is 16.9 Å². The van der Waals surface area contributed by atoms with Gasteiger partial charge in [-0.3, -0.25) is 9.59 Å². The van der Waals surface area contributed by atoms with E-state index in [9.17, 15) is 14.7 Å². The quantitative estimate of drug-likeness (QED) is 0.783. The number of Topliss-reactive ketones (excluding diaryl/α,β-unsaturated/α-hetero) is 1. The molecule has 1 saturated carbocycles. The van der Waals surface area contributed by atoms with Crippen LogP contribution in [0.3, 0.4) is 0 Å². The van der Waals surface area contributed by atoms with Gasteiger partial charge in [-0.2, -0.15) is 0 Å². The summed E-state index contributed by atoms with van der Waals surface area (Å²) in [5, 5.41) is 10.2. The zero-order chi connectivity index (χ0) is 17.3. The Kier molecular flexibility index (Phi) is 4.66. The minimum atomic E-state index is -0.886. The van der Waals surface area contributed by atoms with Gasteiger partial charge in [-0.05, 0) is 36.1 Å². The van der Waals surface area contributed by atoms with Crippen molar-refractivity contribution in [2.45, 2.75) is 25.7 Å². The minimum Gasteiger partial charge on any atom is -0.481 e. The average Bonchev–Trinajstić information content (AvgIpc) is 3.28. The predicted molar refractivity (Wildman–Crippen MR) is 94.5 cm³/mol. The summed E-state index contributed by atoms with van der Waals surface area (Å²) in [5.41, 5.74) is 1.55. The Hall–Kier alpha value is -1.84. The number of rotatable bonds is 6. The van der Waals surface area contributed by atoms with Gasteiger partial charge in [-0.1, -0.05) is 53.5 Å². The van der Waals surface area contributed by atoms with Crippen molar-refractivity contribution in [3.63, 3.8) is 0 Å². The van der Waals surface area contributed by atoms with Gasteiger partial charge in [0.15, 0.2) is 0 Å². The molecule has 2 aromatic rings. The molecule has 0 heterocycles. The molecule has 1 aliphatic rings. The van der Waals surface area contributed by atoms with Crippen LogP contribution in [0, 0.1) is 5.41 Å². The van der Waals surface area contributed by atoms with Crippen LogP contribution in [0.1, 0.15) is 24.8 Å². The molecule has 0 aliphatic heterocycles. The number of ketones is 1. The fourth-order valence-electron chi connectivity index (χ4n) is 2.96. The van der Waals surface area contributed by atoms with Crippen LogP contribution in [0.5, 0.6) is 0 Å². The topological polar surface area (TPSA) is 54.4 Å². The lowest BCUT2D eigenvalue weighted by Crippen LogP contribution is -2.20. The van der Waals surface area contributed by atoms with Crippen LogP contribution in [0.4, 0.5) is 0 Å². The van der Waals surface area contributed by atoms with E-state index in [1.54, 1.807) is 12.1 Å². The molecule has 1 N–H and O–H groups in total. The number of carboxylic acids is 1. The van der Waals surface area contributed by atoms with Crippen LogP contribution in [-0.2, 0) is 16.0 Å². The summed E-state index contributed by atoms with van der Waals surface area (Å²) in [6, 6.07) is 12.9. The van der Waals surface area contributed by atoms with E-state index < -0.39 is 11.4 Å². The molecular formula is C19H16Cl2O3. The summed E-state index contributed by atoms with van der Waals surface area (Å²) in [4.78, 5) is 23.7. The maximum absolute atomic E-state index is 12.4. The van der Waals surface area contributed by atoms with Crippen molar-refractivity contribution in [3.05, 3.63) is 58.1 Å². The highest BCUT2D eigenvalue weighted by molar-refractivity contribution is 6.36. The van der Waals surface area contributed by atoms with Gasteiger partial charge in [0.2, 0.25) is 0 Å². The van der Waals surface area contributed by atoms with Gasteiger partial charge in [0.05, 0.1) is 10.4 Å². The molecule has 24 heavy (non-hydrogen) atoms. The molecule has 1 fully saturated rings. The van der Waals surface area contributed by atoms with E-state index in [1.807, 2.05) is 30.3 Å². The van der Waals surface area contributed by atoms with Crippen molar-refractivity contribution in [3.8, 4) is 11.1 Å². The normalized spacial score (nSPS) is 15.1. The Morgan fingerprint density at radius 2 is 1.75 bits per heavy atom. The van der Waals surface area contributed by atoms with Gasteiger partial charge in [0, 0.05) is 23.4 Å². The first kappa shape index (κ1) is 17.0. The van der Waals surface area contributed by atoms with Gasteiger partial charge in [-0.15, -0.1) is 0 Å². The molecule has 0 saturated heterocycles. The molecule has 0 bridgehead atoms. The molecule has 1 aliphatic carbocycles. The molecule has 124 valence electrons. The molecule has 0 radical (unpaired) electrons. The van der Waals surface area contributed by atoms with E-state index in [4.69, 9.17) is 23.2 Å². The van der Waals surface area contributed by atoms with Gasteiger partial charge < -0.3 is 5.11 Å². The smallest absolute Gasteiger partial charge is 0.310 e. The molecule has 3 rings (SSSR count). The fourth-order valence-corrected chi connectivity index (χ4v) is 3.61. The number of benzene rings is 2. The van der Waals surface area contributed by atoms with Crippen molar-refractivity contribution < 1.29 is 14.7 Å². The highest BCUT2D eigenvalue weighted by Crippen LogP contribution is 2.49. The summed E-state index contributed by atoms with van der Waals surface area (Å²) < 4.78 is 0. The van der Waals surface area contributed by atoms with Crippen molar-refractivity contribution in [2.24, 2.45) is 5.41 Å². The van der Waals surface area contributed by atoms with Crippen molar-refractivity contribution >= 4 is 35.0 Å². The lowest BCUT2D eigenvalue weighted by atomic mass is 9.92. The third kappa shape index (κ3) is 3.47. The molecular weight excluding hydrogens is 347 g/mol. The Morgan fingerprint density at radius 1 is 1.08 bits per heavy atom. The second-order valence-corrected chi connectivity index (χ2v) is 7.11. The summed E-state index contributed by atoms with van der Waals surface area (Å²) in [6.45, 7) is 0. The second kappa shape index (κ2) is 6.58. The lowest BCUT2D eigenvalue weighted by molar-refractivity contribution is -0.145. The van der Waals surface area contributed by atoms with Crippen LogP contribution >= 0.6 is 23.2 Å². The van der Waals surface area contributed by atoms with Crippen molar-refractivity contribution in [1.29, 1.82) is 0 Å². The van der Waals surface area contributed by atoms with Crippen LogP contribution < -0.4 is 0 Å². The SMILES string of the molecule is O=C(Cc1cc(Cl)cc(Cl)c1-c1ccccc1)CC1(C(=O)O)CC1. The van der Waals surface area contributed by atoms with E-state index in [2.05, 4.69) is 0 Å². The summed E-state index contributed by atoms with van der Waals surface area (Å²) in [7, 11) is 0. The average molecular weight is 363 g/mol. The van der Waals surface area contributed by atoms with E-state index in [1.165, 1.54) is 0 Å². The third-order valence-electron chi connectivity index (χ3n) is 4.43. The Bertz CT molecular complexity index is 796. The highest BCUT2D eigenvalue weighted by atomic mass is 35.5. The first-order valence-corrected chi connectivity index (χ1v) is 8.45. The molecule has 0 amide bonds. The fraction of sp³-hybridized carbons (Fsp3) is 0.263. The second-order valence-electron chi connectivity index (χ2n) is 6.27. The number of carbonyl (C=O) groups excluding carboxylic acids is 1. The number of carbonyl (C=O) groups is 2. The standard InChI is InChI=1S/C19H16Cl2O3/c20-14-8-13(9-15(22)11-19(6-7-19)18(23)24)17(16(21)10-14)12-4-2-1-3-5-12/h1-5,8,10H,6-7,9,11H2,(H,23,24). The number of aliphatic carboxylic acids is 1. The molecule has 0 atom stereocenters. The summed E-state index contributed by atoms with van der Waals surface area (Å²) in [6.07, 6.45) is 1.31. The lowest BCUT2D eigenvalue weighted by Gasteiger charge is -2.14. The van der Waals surface area contributed by atoms with E-state index in [0.717, 1.165) is 16.7 Å². The van der Waals surface area contributed by atoms with Crippen LogP contribution in [0.2, 0.25) is 10.0 Å². The van der Waals surface area contributed by atoms with Gasteiger partial charge in [-0.25, -0.2) is 0 Å². The molecule has 5 heteroatoms. The number of hydrogen-bond donors (Lipinski definition) is 1. The summed E-state index contributed by atoms with van der Waals surface area (Å²) >= 11 is 12.5. The van der Waals surface area contributed by atoms with Crippen LogP contribution in [0.25, 0.3) is 11.1 Å². The predicted octanol–water partition coefficient (Wildman–Crippen LogP) is 5.03. The van der Waals surface area contributed by atoms with E-state index in [-0.39, 0.29) is 18.6 Å². The first-order valence-electron chi connectivity index (χ1n) is 7.70. The van der Waals surface area contributed by atoms with Gasteiger partial charge in [0.25, 0.3) is 0 Å². The maximum Gasteiger partial charge on any atom is 0.310 e. The zero-order valence-corrected chi connectivity index (χ0v) is 14.4. The van der Waals surface area contributed by atoms with Crippen molar-refractivity contribution in [2.75, 3.05) is 0 Å². The molecule has 2 aromatic carbocycles. The molecule has 0 aromatic heterocycles. The van der Waals surface area contributed by atoms with Gasteiger partial charge >= 0.3 is 5.97 Å². The Morgan fingerprint density at radius 3 is 2.33 bits per heavy atom.